The van der Waals surface area contributed by atoms with E-state index in [-0.39, 0.29) is 11.9 Å². The van der Waals surface area contributed by atoms with E-state index in [1.165, 1.54) is 18.9 Å². The predicted molar refractivity (Wildman–Crippen MR) is 92.1 cm³/mol. The van der Waals surface area contributed by atoms with Gasteiger partial charge in [-0.15, -0.1) is 0 Å². The maximum atomic E-state index is 14.0. The van der Waals surface area contributed by atoms with Crippen molar-refractivity contribution in [2.24, 2.45) is 5.92 Å². The lowest BCUT2D eigenvalue weighted by Gasteiger charge is -2.32. The van der Waals surface area contributed by atoms with Crippen LogP contribution in [0.3, 0.4) is 0 Å². The van der Waals surface area contributed by atoms with Crippen molar-refractivity contribution in [3.05, 3.63) is 34.1 Å². The first-order chi connectivity index (χ1) is 9.90. The monoisotopic (exact) mass is 358 g/mol. The van der Waals surface area contributed by atoms with Gasteiger partial charge in [-0.05, 0) is 39.1 Å². The fourth-order valence-corrected chi connectivity index (χ4v) is 3.20. The van der Waals surface area contributed by atoms with Gasteiger partial charge in [0.25, 0.3) is 0 Å². The number of hydrogen-bond acceptors (Lipinski definition) is 2. The Labute approximate surface area is 137 Å². The lowest BCUT2D eigenvalue weighted by Crippen LogP contribution is -2.43. The van der Waals surface area contributed by atoms with Gasteiger partial charge < -0.3 is 10.2 Å². The zero-order valence-electron chi connectivity index (χ0n) is 13.8. The number of benzene rings is 1. The van der Waals surface area contributed by atoms with E-state index in [1.54, 1.807) is 0 Å². The van der Waals surface area contributed by atoms with Crippen molar-refractivity contribution in [1.82, 2.24) is 10.2 Å². The van der Waals surface area contributed by atoms with Crippen LogP contribution in [0.4, 0.5) is 4.39 Å². The third-order valence-electron chi connectivity index (χ3n) is 4.32. The molecule has 2 atom stereocenters. The van der Waals surface area contributed by atoms with Crippen LogP contribution in [-0.4, -0.2) is 31.6 Å². The van der Waals surface area contributed by atoms with Crippen LogP contribution in [-0.2, 0) is 0 Å². The molecule has 1 aromatic rings. The Bertz CT molecular complexity index is 433. The third kappa shape index (κ3) is 5.35. The second-order valence-corrected chi connectivity index (χ2v) is 6.82. The van der Waals surface area contributed by atoms with Crippen molar-refractivity contribution in [3.63, 3.8) is 0 Å². The van der Waals surface area contributed by atoms with Crippen molar-refractivity contribution in [2.75, 3.05) is 20.6 Å². The first-order valence-corrected chi connectivity index (χ1v) is 8.54. The summed E-state index contributed by atoms with van der Waals surface area (Å²) in [5.74, 6) is 0.503. The second-order valence-electron chi connectivity index (χ2n) is 5.90. The molecule has 2 nitrogen and oxygen atoms in total. The summed E-state index contributed by atoms with van der Waals surface area (Å²) in [4.78, 5) is 2.27. The van der Waals surface area contributed by atoms with E-state index >= 15 is 0 Å². The van der Waals surface area contributed by atoms with Gasteiger partial charge in [-0.25, -0.2) is 4.39 Å². The lowest BCUT2D eigenvalue weighted by atomic mass is 9.93. The van der Waals surface area contributed by atoms with Crippen LogP contribution >= 0.6 is 15.9 Å². The van der Waals surface area contributed by atoms with E-state index in [9.17, 15) is 4.39 Å². The van der Waals surface area contributed by atoms with Crippen LogP contribution in [0.5, 0.6) is 0 Å². The highest BCUT2D eigenvalue weighted by molar-refractivity contribution is 9.10. The normalized spacial score (nSPS) is 14.7. The van der Waals surface area contributed by atoms with Gasteiger partial charge in [0.2, 0.25) is 0 Å². The number of nitrogens with one attached hydrogen (secondary N) is 1. The summed E-state index contributed by atoms with van der Waals surface area (Å²) in [5.41, 5.74) is 0.722. The van der Waals surface area contributed by atoms with E-state index in [4.69, 9.17) is 0 Å². The fraction of sp³-hybridized carbons (Fsp3) is 0.647. The summed E-state index contributed by atoms with van der Waals surface area (Å²) in [6, 6.07) is 5.74. The van der Waals surface area contributed by atoms with Crippen LogP contribution < -0.4 is 5.32 Å². The summed E-state index contributed by atoms with van der Waals surface area (Å²) >= 11 is 3.30. The minimum atomic E-state index is -0.159. The highest BCUT2D eigenvalue weighted by Gasteiger charge is 2.21. The van der Waals surface area contributed by atoms with E-state index in [0.29, 0.717) is 12.0 Å². The minimum absolute atomic E-state index is 0.00918. The quantitative estimate of drug-likeness (QED) is 0.730. The summed E-state index contributed by atoms with van der Waals surface area (Å²) < 4.78 is 14.8. The van der Waals surface area contributed by atoms with Gasteiger partial charge in [0, 0.05) is 28.7 Å². The summed E-state index contributed by atoms with van der Waals surface area (Å²) in [6.45, 7) is 7.37. The van der Waals surface area contributed by atoms with Gasteiger partial charge in [-0.2, -0.15) is 0 Å². The van der Waals surface area contributed by atoms with Gasteiger partial charge >= 0.3 is 0 Å². The number of nitrogens with zero attached hydrogens (tertiary/aromatic N) is 1. The molecule has 0 aromatic heterocycles. The second kappa shape index (κ2) is 8.86. The van der Waals surface area contributed by atoms with Crippen molar-refractivity contribution in [3.8, 4) is 0 Å². The van der Waals surface area contributed by atoms with Gasteiger partial charge in [-0.1, -0.05) is 48.7 Å². The molecule has 0 aliphatic heterocycles. The van der Waals surface area contributed by atoms with E-state index < -0.39 is 0 Å². The Morgan fingerprint density at radius 3 is 2.33 bits per heavy atom. The summed E-state index contributed by atoms with van der Waals surface area (Å²) in [5, 5.41) is 3.49. The minimum Gasteiger partial charge on any atom is -0.309 e. The molecule has 0 spiro atoms. The van der Waals surface area contributed by atoms with Gasteiger partial charge in [0.15, 0.2) is 0 Å². The third-order valence-corrected chi connectivity index (χ3v) is 4.81. The van der Waals surface area contributed by atoms with E-state index in [2.05, 4.69) is 54.1 Å². The highest BCUT2D eigenvalue weighted by atomic mass is 79.9. The molecule has 120 valence electrons. The molecule has 4 heteroatoms. The maximum absolute atomic E-state index is 14.0. The molecule has 2 unspecified atom stereocenters. The molecule has 1 rings (SSSR count). The summed E-state index contributed by atoms with van der Waals surface area (Å²) in [7, 11) is 4.24. The summed E-state index contributed by atoms with van der Waals surface area (Å²) in [6.07, 6.45) is 2.34. The first-order valence-electron chi connectivity index (χ1n) is 7.75. The molecule has 0 fully saturated rings. The SMILES string of the molecule is CCC(CC)C(CNC(C)c1ccc(Br)cc1F)N(C)C. The van der Waals surface area contributed by atoms with E-state index in [0.717, 1.165) is 16.6 Å². The number of hydrogen-bond donors (Lipinski definition) is 1. The van der Waals surface area contributed by atoms with Crippen molar-refractivity contribution in [2.45, 2.75) is 45.7 Å². The van der Waals surface area contributed by atoms with Crippen LogP contribution in [0.25, 0.3) is 0 Å². The highest BCUT2D eigenvalue weighted by Crippen LogP contribution is 2.22. The average molecular weight is 359 g/mol. The molecule has 0 aliphatic rings. The molecule has 0 aliphatic carbocycles. The van der Waals surface area contributed by atoms with Crippen LogP contribution in [0, 0.1) is 11.7 Å². The predicted octanol–water partition coefficient (Wildman–Crippen LogP) is 4.61. The Morgan fingerprint density at radius 1 is 1.24 bits per heavy atom. The average Bonchev–Trinajstić information content (AvgIpc) is 2.42. The molecule has 1 aromatic carbocycles. The number of rotatable bonds is 8. The van der Waals surface area contributed by atoms with E-state index in [1.807, 2.05) is 19.1 Å². The van der Waals surface area contributed by atoms with Crippen LogP contribution in [0.15, 0.2) is 22.7 Å². The Hall–Kier alpha value is -0.450. The zero-order chi connectivity index (χ0) is 16.0. The Balaban J connectivity index is 2.71. The molecular weight excluding hydrogens is 331 g/mol. The molecule has 0 bridgehead atoms. The smallest absolute Gasteiger partial charge is 0.129 e. The van der Waals surface area contributed by atoms with Crippen molar-refractivity contribution in [1.29, 1.82) is 0 Å². The fourth-order valence-electron chi connectivity index (χ4n) is 2.86. The molecule has 0 heterocycles. The van der Waals surface area contributed by atoms with Gasteiger partial charge in [0.05, 0.1) is 0 Å². The Morgan fingerprint density at radius 2 is 1.86 bits per heavy atom. The zero-order valence-corrected chi connectivity index (χ0v) is 15.4. The largest absolute Gasteiger partial charge is 0.309 e. The van der Waals surface area contributed by atoms with Crippen molar-refractivity contribution < 1.29 is 4.39 Å². The topological polar surface area (TPSA) is 15.3 Å². The molecule has 1 N–H and O–H groups in total. The number of halogens is 2. The van der Waals surface area contributed by atoms with Crippen molar-refractivity contribution >= 4 is 15.9 Å². The number of likely N-dealkylation sites (N-methyl/N-ethyl adjacent to an activating group) is 1. The Kier molecular flexibility index (Phi) is 7.85. The molecule has 0 saturated heterocycles. The van der Waals surface area contributed by atoms with Gasteiger partial charge in [-0.3, -0.25) is 0 Å². The van der Waals surface area contributed by atoms with Crippen LogP contribution in [0.2, 0.25) is 0 Å². The molecule has 0 radical (unpaired) electrons. The van der Waals surface area contributed by atoms with Crippen LogP contribution in [0.1, 0.15) is 45.2 Å². The maximum Gasteiger partial charge on any atom is 0.129 e. The molecule has 0 saturated carbocycles. The molecular formula is C17H28BrFN2. The standard InChI is InChI=1S/C17H28BrFN2/c1-6-13(7-2)17(21(4)5)11-20-12(3)15-9-8-14(18)10-16(15)19/h8-10,12-13,17,20H,6-7,11H2,1-5H3. The first kappa shape index (κ1) is 18.6. The van der Waals surface area contributed by atoms with Gasteiger partial charge in [0.1, 0.15) is 5.82 Å². The molecule has 0 amide bonds. The lowest BCUT2D eigenvalue weighted by molar-refractivity contribution is 0.190. The molecule has 21 heavy (non-hydrogen) atoms.